The lowest BCUT2D eigenvalue weighted by atomic mass is 9.88. The summed E-state index contributed by atoms with van der Waals surface area (Å²) in [4.78, 5) is 23.9. The summed E-state index contributed by atoms with van der Waals surface area (Å²) in [6, 6.07) is 3.70. The van der Waals surface area contributed by atoms with E-state index in [1.807, 2.05) is 0 Å². The lowest BCUT2D eigenvalue weighted by molar-refractivity contribution is -0.132. The Balaban J connectivity index is 2.18. The maximum atomic E-state index is 13.5. The van der Waals surface area contributed by atoms with Gasteiger partial charge in [0.1, 0.15) is 11.7 Å². The maximum Gasteiger partial charge on any atom is 0.231 e. The molecule has 0 saturated carbocycles. The first-order valence-corrected chi connectivity index (χ1v) is 6.40. The molecule has 5 heteroatoms. The Morgan fingerprint density at radius 3 is 2.90 bits per heavy atom. The van der Waals surface area contributed by atoms with Crippen molar-refractivity contribution in [1.82, 2.24) is 5.32 Å². The third-order valence-electron chi connectivity index (χ3n) is 3.41. The van der Waals surface area contributed by atoms with Crippen molar-refractivity contribution in [3.8, 4) is 0 Å². The van der Waals surface area contributed by atoms with Crippen LogP contribution in [0.25, 0.3) is 0 Å². The fourth-order valence-corrected chi connectivity index (χ4v) is 2.43. The third kappa shape index (κ3) is 2.76. The number of amides is 1. The summed E-state index contributed by atoms with van der Waals surface area (Å²) in [5, 5.41) is 2.62. The summed E-state index contributed by atoms with van der Waals surface area (Å²) in [5.74, 6) is -3.81. The fraction of sp³-hybridized carbons (Fsp3) is 0.333. The quantitative estimate of drug-likeness (QED) is 0.677. The van der Waals surface area contributed by atoms with Gasteiger partial charge in [0, 0.05) is 18.9 Å². The van der Waals surface area contributed by atoms with E-state index in [1.165, 1.54) is 12.1 Å². The lowest BCUT2D eigenvalue weighted by Crippen LogP contribution is -2.29. The van der Waals surface area contributed by atoms with Gasteiger partial charge < -0.3 is 5.32 Å². The Morgan fingerprint density at radius 2 is 2.20 bits per heavy atom. The molecule has 0 bridgehead atoms. The van der Waals surface area contributed by atoms with Gasteiger partial charge in [0.15, 0.2) is 11.6 Å². The Bertz CT molecular complexity index is 569. The van der Waals surface area contributed by atoms with Crippen molar-refractivity contribution in [2.75, 3.05) is 6.54 Å². The molecule has 0 aliphatic carbocycles. The van der Waals surface area contributed by atoms with Gasteiger partial charge in [-0.2, -0.15) is 0 Å². The smallest absolute Gasteiger partial charge is 0.231 e. The number of hydrogen-bond acceptors (Lipinski definition) is 2. The molecule has 2 atom stereocenters. The first kappa shape index (κ1) is 14.4. The monoisotopic (exact) mass is 279 g/mol. The molecule has 1 aliphatic rings. The number of benzene rings is 1. The second-order valence-electron chi connectivity index (χ2n) is 4.77. The molecule has 2 rings (SSSR count). The van der Waals surface area contributed by atoms with E-state index in [9.17, 15) is 18.4 Å². The average Bonchev–Trinajstić information content (AvgIpc) is 2.77. The molecule has 1 N–H and O–H groups in total. The number of ketones is 1. The maximum absolute atomic E-state index is 13.5. The number of rotatable bonds is 4. The van der Waals surface area contributed by atoms with Crippen LogP contribution in [-0.2, 0) is 16.0 Å². The zero-order valence-electron chi connectivity index (χ0n) is 11.0. The van der Waals surface area contributed by atoms with Crippen LogP contribution in [0.4, 0.5) is 8.78 Å². The predicted octanol–water partition coefficient (Wildman–Crippen LogP) is 2.01. The van der Waals surface area contributed by atoms with Crippen LogP contribution in [0.5, 0.6) is 0 Å². The molecule has 3 nitrogen and oxygen atoms in total. The normalized spacial score (nSPS) is 22.2. The largest absolute Gasteiger partial charge is 0.355 e. The summed E-state index contributed by atoms with van der Waals surface area (Å²) >= 11 is 0. The van der Waals surface area contributed by atoms with Crippen LogP contribution in [0.1, 0.15) is 12.5 Å². The SMILES string of the molecule is C/C=C/C1CNC(=O)C1C(=O)Cc1cccc(F)c1F. The number of carbonyl (C=O) groups excluding carboxylic acids is 2. The minimum Gasteiger partial charge on any atom is -0.355 e. The topological polar surface area (TPSA) is 46.2 Å². The first-order chi connectivity index (χ1) is 9.54. The van der Waals surface area contributed by atoms with E-state index in [1.54, 1.807) is 19.1 Å². The van der Waals surface area contributed by atoms with E-state index in [0.717, 1.165) is 6.07 Å². The van der Waals surface area contributed by atoms with Gasteiger partial charge in [-0.1, -0.05) is 24.3 Å². The summed E-state index contributed by atoms with van der Waals surface area (Å²) in [7, 11) is 0. The fourth-order valence-electron chi connectivity index (χ4n) is 2.43. The predicted molar refractivity (Wildman–Crippen MR) is 69.9 cm³/mol. The van der Waals surface area contributed by atoms with Crippen molar-refractivity contribution in [3.63, 3.8) is 0 Å². The minimum absolute atomic E-state index is 0.0195. The molecule has 1 aromatic carbocycles. The van der Waals surface area contributed by atoms with Gasteiger partial charge in [-0.25, -0.2) is 8.78 Å². The Hall–Kier alpha value is -2.04. The first-order valence-electron chi connectivity index (χ1n) is 6.40. The molecule has 1 heterocycles. The second kappa shape index (κ2) is 5.94. The molecule has 1 fully saturated rings. The summed E-state index contributed by atoms with van der Waals surface area (Å²) in [6.07, 6.45) is 3.27. The van der Waals surface area contributed by atoms with Crippen LogP contribution in [0.2, 0.25) is 0 Å². The van der Waals surface area contributed by atoms with Crippen LogP contribution in [0, 0.1) is 23.5 Å². The molecular weight excluding hydrogens is 264 g/mol. The van der Waals surface area contributed by atoms with Crippen molar-refractivity contribution < 1.29 is 18.4 Å². The highest BCUT2D eigenvalue weighted by molar-refractivity contribution is 6.04. The van der Waals surface area contributed by atoms with Crippen LogP contribution >= 0.6 is 0 Å². The summed E-state index contributed by atoms with van der Waals surface area (Å²) in [6.45, 7) is 2.20. The van der Waals surface area contributed by atoms with Gasteiger partial charge >= 0.3 is 0 Å². The summed E-state index contributed by atoms with van der Waals surface area (Å²) < 4.78 is 26.7. The van der Waals surface area contributed by atoms with Gasteiger partial charge in [-0.15, -0.1) is 0 Å². The standard InChI is InChI=1S/C15H15F2NO2/c1-2-4-10-8-18-15(20)13(10)12(19)7-9-5-3-6-11(16)14(9)17/h2-6,10,13H,7-8H2,1H3,(H,18,20)/b4-2+. The molecular formula is C15H15F2NO2. The second-order valence-corrected chi connectivity index (χ2v) is 4.77. The highest BCUT2D eigenvalue weighted by atomic mass is 19.2. The number of Topliss-reactive ketones (excluding diaryl/α,β-unsaturated/α-hetero) is 1. The van der Waals surface area contributed by atoms with E-state index >= 15 is 0 Å². The van der Waals surface area contributed by atoms with Crippen molar-refractivity contribution >= 4 is 11.7 Å². The van der Waals surface area contributed by atoms with Crippen molar-refractivity contribution in [3.05, 3.63) is 47.5 Å². The summed E-state index contributed by atoms with van der Waals surface area (Å²) in [5.41, 5.74) is -0.0195. The van der Waals surface area contributed by atoms with Gasteiger partial charge in [0.2, 0.25) is 5.91 Å². The molecule has 106 valence electrons. The number of nitrogens with one attached hydrogen (secondary N) is 1. The highest BCUT2D eigenvalue weighted by Gasteiger charge is 2.38. The van der Waals surface area contributed by atoms with E-state index in [2.05, 4.69) is 5.32 Å². The number of hydrogen-bond donors (Lipinski definition) is 1. The molecule has 2 unspecified atom stereocenters. The van der Waals surface area contributed by atoms with Gasteiger partial charge in [-0.3, -0.25) is 9.59 Å². The molecule has 0 aromatic heterocycles. The average molecular weight is 279 g/mol. The van der Waals surface area contributed by atoms with Crippen LogP contribution < -0.4 is 5.32 Å². The highest BCUT2D eigenvalue weighted by Crippen LogP contribution is 2.23. The zero-order valence-corrected chi connectivity index (χ0v) is 11.0. The Morgan fingerprint density at radius 1 is 1.45 bits per heavy atom. The molecule has 1 saturated heterocycles. The third-order valence-corrected chi connectivity index (χ3v) is 3.41. The van der Waals surface area contributed by atoms with E-state index in [4.69, 9.17) is 0 Å². The Kier molecular flexibility index (Phi) is 4.27. The number of halogens is 2. The molecule has 1 amide bonds. The molecule has 0 spiro atoms. The molecule has 20 heavy (non-hydrogen) atoms. The number of carbonyl (C=O) groups is 2. The molecule has 1 aliphatic heterocycles. The van der Waals surface area contributed by atoms with Gasteiger partial charge in [0.05, 0.1) is 0 Å². The lowest BCUT2D eigenvalue weighted by Gasteiger charge is -2.12. The molecule has 1 aromatic rings. The zero-order chi connectivity index (χ0) is 14.7. The van der Waals surface area contributed by atoms with Crippen molar-refractivity contribution in [1.29, 1.82) is 0 Å². The van der Waals surface area contributed by atoms with Crippen molar-refractivity contribution in [2.45, 2.75) is 13.3 Å². The van der Waals surface area contributed by atoms with Gasteiger partial charge in [0.25, 0.3) is 0 Å². The molecule has 0 radical (unpaired) electrons. The Labute approximate surface area is 115 Å². The van der Waals surface area contributed by atoms with Crippen LogP contribution in [0.3, 0.4) is 0 Å². The van der Waals surface area contributed by atoms with E-state index < -0.39 is 23.3 Å². The van der Waals surface area contributed by atoms with Crippen LogP contribution in [-0.4, -0.2) is 18.2 Å². The van der Waals surface area contributed by atoms with E-state index in [-0.39, 0.29) is 23.8 Å². The van der Waals surface area contributed by atoms with E-state index in [0.29, 0.717) is 6.54 Å². The van der Waals surface area contributed by atoms with Gasteiger partial charge in [-0.05, 0) is 18.6 Å². The van der Waals surface area contributed by atoms with Crippen LogP contribution in [0.15, 0.2) is 30.4 Å². The minimum atomic E-state index is -1.03. The number of allylic oxidation sites excluding steroid dienone is 1. The van der Waals surface area contributed by atoms with Crippen molar-refractivity contribution in [2.24, 2.45) is 11.8 Å².